The summed E-state index contributed by atoms with van der Waals surface area (Å²) in [7, 11) is -4.18. The van der Waals surface area contributed by atoms with E-state index in [2.05, 4.69) is 0 Å². The maximum absolute atomic E-state index is 13.1. The zero-order chi connectivity index (χ0) is 19.8. The molecule has 0 radical (unpaired) electrons. The van der Waals surface area contributed by atoms with Crippen LogP contribution in [0, 0.1) is 0 Å². The summed E-state index contributed by atoms with van der Waals surface area (Å²) in [6.45, 7) is 2.01. The topological polar surface area (TPSA) is 55.8 Å². The largest absolute Gasteiger partial charge is 0.486 e. The molecule has 5 nitrogen and oxygen atoms in total. The monoisotopic (exact) mass is 421 g/mol. The minimum Gasteiger partial charge on any atom is -0.486 e. The first-order valence-electron chi connectivity index (χ1n) is 7.93. The fraction of sp³-hybridized carbons (Fsp3) is 0.294. The Balaban J connectivity index is 2.07. The number of anilines is 1. The number of nitrogens with zero attached hydrogens (tertiary/aromatic N) is 1. The van der Waals surface area contributed by atoms with E-state index in [1.165, 1.54) is 25.1 Å². The number of hydrogen-bond acceptors (Lipinski definition) is 4. The number of alkyl halides is 3. The molecule has 3 rings (SSSR count). The van der Waals surface area contributed by atoms with Gasteiger partial charge in [0.05, 0.1) is 21.2 Å². The van der Waals surface area contributed by atoms with Crippen molar-refractivity contribution < 1.29 is 31.1 Å². The van der Waals surface area contributed by atoms with Crippen LogP contribution in [0.1, 0.15) is 12.5 Å². The maximum atomic E-state index is 13.1. The van der Waals surface area contributed by atoms with Crippen molar-refractivity contribution in [2.24, 2.45) is 0 Å². The number of benzene rings is 2. The Bertz CT molecular complexity index is 963. The second-order valence-electron chi connectivity index (χ2n) is 5.64. The van der Waals surface area contributed by atoms with Crippen LogP contribution in [0.3, 0.4) is 0 Å². The van der Waals surface area contributed by atoms with Crippen LogP contribution >= 0.6 is 11.6 Å². The summed E-state index contributed by atoms with van der Waals surface area (Å²) in [6.07, 6.45) is -4.63. The summed E-state index contributed by atoms with van der Waals surface area (Å²) >= 11 is 6.01. The van der Waals surface area contributed by atoms with Crippen LogP contribution in [-0.4, -0.2) is 28.2 Å². The number of hydrogen-bond donors (Lipinski definition) is 0. The molecule has 0 aromatic heterocycles. The molecule has 10 heteroatoms. The quantitative estimate of drug-likeness (QED) is 0.736. The Kier molecular flexibility index (Phi) is 5.18. The molecule has 0 saturated carbocycles. The van der Waals surface area contributed by atoms with Crippen LogP contribution in [0.4, 0.5) is 18.9 Å². The molecule has 2 aromatic rings. The van der Waals surface area contributed by atoms with Gasteiger partial charge in [-0.1, -0.05) is 11.6 Å². The molecular weight excluding hydrogens is 407 g/mol. The third-order valence-corrected chi connectivity index (χ3v) is 6.14. The number of ether oxygens (including phenoxy) is 2. The summed E-state index contributed by atoms with van der Waals surface area (Å²) in [5.41, 5.74) is -1.23. The first-order chi connectivity index (χ1) is 12.6. The van der Waals surface area contributed by atoms with Gasteiger partial charge in [0.25, 0.3) is 10.0 Å². The minimum absolute atomic E-state index is 0.106. The molecule has 0 amide bonds. The lowest BCUT2D eigenvalue weighted by atomic mass is 10.2. The van der Waals surface area contributed by atoms with Crippen molar-refractivity contribution in [3.05, 3.63) is 47.0 Å². The number of fused-ring (bicyclic) bond motifs is 1. The Morgan fingerprint density at radius 2 is 1.74 bits per heavy atom. The fourth-order valence-corrected chi connectivity index (χ4v) is 4.43. The minimum atomic E-state index is -4.63. The van der Waals surface area contributed by atoms with Crippen LogP contribution in [0.5, 0.6) is 11.5 Å². The molecule has 0 N–H and O–H groups in total. The second-order valence-corrected chi connectivity index (χ2v) is 7.91. The second kappa shape index (κ2) is 7.12. The van der Waals surface area contributed by atoms with Crippen LogP contribution < -0.4 is 13.8 Å². The van der Waals surface area contributed by atoms with E-state index >= 15 is 0 Å². The van der Waals surface area contributed by atoms with Gasteiger partial charge in [-0.05, 0) is 37.3 Å². The van der Waals surface area contributed by atoms with E-state index in [1.807, 2.05) is 0 Å². The fourth-order valence-electron chi connectivity index (χ4n) is 2.66. The van der Waals surface area contributed by atoms with Crippen molar-refractivity contribution in [1.29, 1.82) is 0 Å². The molecule has 0 aliphatic carbocycles. The van der Waals surface area contributed by atoms with E-state index in [-0.39, 0.29) is 34.5 Å². The van der Waals surface area contributed by atoms with E-state index in [9.17, 15) is 21.6 Å². The lowest BCUT2D eigenvalue weighted by Crippen LogP contribution is -2.31. The lowest BCUT2D eigenvalue weighted by molar-refractivity contribution is -0.137. The average molecular weight is 422 g/mol. The zero-order valence-corrected chi connectivity index (χ0v) is 15.7. The summed E-state index contributed by atoms with van der Waals surface area (Å²) in [5.74, 6) is 0.661. The predicted molar refractivity (Wildman–Crippen MR) is 94.1 cm³/mol. The van der Waals surface area contributed by atoms with Crippen molar-refractivity contribution in [3.8, 4) is 11.5 Å². The molecule has 0 bridgehead atoms. The number of rotatable bonds is 4. The Labute approximate surface area is 159 Å². The van der Waals surface area contributed by atoms with Gasteiger partial charge >= 0.3 is 6.18 Å². The van der Waals surface area contributed by atoms with Gasteiger partial charge in [0.1, 0.15) is 13.2 Å². The van der Waals surface area contributed by atoms with Gasteiger partial charge < -0.3 is 9.47 Å². The van der Waals surface area contributed by atoms with Crippen LogP contribution in [0.25, 0.3) is 0 Å². The first-order valence-corrected chi connectivity index (χ1v) is 9.75. The maximum Gasteiger partial charge on any atom is 0.416 e. The van der Waals surface area contributed by atoms with Gasteiger partial charge in [-0.25, -0.2) is 8.42 Å². The van der Waals surface area contributed by atoms with Crippen molar-refractivity contribution in [2.75, 3.05) is 24.1 Å². The Morgan fingerprint density at radius 3 is 2.37 bits per heavy atom. The molecule has 1 heterocycles. The van der Waals surface area contributed by atoms with E-state index in [4.69, 9.17) is 21.1 Å². The summed E-state index contributed by atoms with van der Waals surface area (Å²) in [5, 5.41) is -0.106. The summed E-state index contributed by atoms with van der Waals surface area (Å²) in [6, 6.07) is 6.60. The van der Waals surface area contributed by atoms with Gasteiger partial charge in [-0.15, -0.1) is 0 Å². The summed E-state index contributed by atoms with van der Waals surface area (Å²) < 4.78 is 76.8. The molecule has 146 valence electrons. The molecule has 0 unspecified atom stereocenters. The lowest BCUT2D eigenvalue weighted by Gasteiger charge is -2.26. The predicted octanol–water partition coefficient (Wildman–Crippen LogP) is 4.35. The molecule has 1 aliphatic heterocycles. The molecule has 0 spiro atoms. The number of halogens is 4. The van der Waals surface area contributed by atoms with Crippen molar-refractivity contribution in [1.82, 2.24) is 0 Å². The van der Waals surface area contributed by atoms with Crippen LogP contribution in [-0.2, 0) is 16.2 Å². The van der Waals surface area contributed by atoms with Crippen molar-refractivity contribution >= 4 is 27.3 Å². The van der Waals surface area contributed by atoms with E-state index in [0.717, 1.165) is 22.5 Å². The van der Waals surface area contributed by atoms with Crippen LogP contribution in [0.2, 0.25) is 5.02 Å². The molecule has 2 aromatic carbocycles. The zero-order valence-electron chi connectivity index (χ0n) is 14.1. The van der Waals surface area contributed by atoms with E-state index in [1.54, 1.807) is 0 Å². The highest BCUT2D eigenvalue weighted by molar-refractivity contribution is 7.92. The van der Waals surface area contributed by atoms with Gasteiger partial charge in [-0.3, -0.25) is 4.31 Å². The summed E-state index contributed by atoms with van der Waals surface area (Å²) in [4.78, 5) is -0.137. The van der Waals surface area contributed by atoms with Gasteiger partial charge in [0.15, 0.2) is 11.5 Å². The SMILES string of the molecule is CCN(c1cc(C(F)(F)F)ccc1Cl)S(=O)(=O)c1ccc2c(c1)OCCO2. The molecule has 0 fully saturated rings. The third-order valence-electron chi connectivity index (χ3n) is 3.93. The van der Waals surface area contributed by atoms with Gasteiger partial charge in [0, 0.05) is 12.6 Å². The first kappa shape index (κ1) is 19.6. The highest BCUT2D eigenvalue weighted by atomic mass is 35.5. The third kappa shape index (κ3) is 3.79. The molecule has 27 heavy (non-hydrogen) atoms. The normalized spacial score (nSPS) is 14.1. The Hall–Kier alpha value is -2.13. The highest BCUT2D eigenvalue weighted by Crippen LogP contribution is 2.38. The van der Waals surface area contributed by atoms with E-state index < -0.39 is 21.8 Å². The highest BCUT2D eigenvalue weighted by Gasteiger charge is 2.33. The number of sulfonamides is 1. The van der Waals surface area contributed by atoms with Gasteiger partial charge in [0.2, 0.25) is 0 Å². The van der Waals surface area contributed by atoms with Crippen LogP contribution in [0.15, 0.2) is 41.3 Å². The molecule has 0 atom stereocenters. The smallest absolute Gasteiger partial charge is 0.416 e. The van der Waals surface area contributed by atoms with Crippen molar-refractivity contribution in [3.63, 3.8) is 0 Å². The van der Waals surface area contributed by atoms with Crippen molar-refractivity contribution in [2.45, 2.75) is 18.0 Å². The average Bonchev–Trinajstić information content (AvgIpc) is 2.62. The molecule has 1 aliphatic rings. The van der Waals surface area contributed by atoms with Gasteiger partial charge in [-0.2, -0.15) is 13.2 Å². The standard InChI is InChI=1S/C17H15ClF3NO4S/c1-2-22(14-9-11(17(19,20)21)3-5-13(14)18)27(23,24)12-4-6-15-16(10-12)26-8-7-25-15/h3-6,9-10H,2,7-8H2,1H3. The molecular formula is C17H15ClF3NO4S. The molecule has 0 saturated heterocycles. The van der Waals surface area contributed by atoms with E-state index in [0.29, 0.717) is 12.4 Å². The Morgan fingerprint density at radius 1 is 1.07 bits per heavy atom.